The first-order valence-corrected chi connectivity index (χ1v) is 9.48. The third kappa shape index (κ3) is 3.59. The molecule has 1 aliphatic heterocycles. The van der Waals surface area contributed by atoms with Crippen LogP contribution >= 0.6 is 0 Å². The number of rotatable bonds is 4. The Labute approximate surface area is 177 Å². The summed E-state index contributed by atoms with van der Waals surface area (Å²) in [6.45, 7) is 0. The van der Waals surface area contributed by atoms with Gasteiger partial charge in [-0.1, -0.05) is 16.4 Å². The van der Waals surface area contributed by atoms with Crippen molar-refractivity contribution in [2.45, 2.75) is 25.1 Å². The maximum absolute atomic E-state index is 12.7. The van der Waals surface area contributed by atoms with Gasteiger partial charge in [-0.15, -0.1) is 0 Å². The zero-order valence-corrected chi connectivity index (χ0v) is 16.2. The van der Waals surface area contributed by atoms with E-state index in [-0.39, 0.29) is 24.0 Å². The highest BCUT2D eigenvalue weighted by Gasteiger charge is 2.39. The van der Waals surface area contributed by atoms with Crippen LogP contribution in [0.2, 0.25) is 0 Å². The van der Waals surface area contributed by atoms with E-state index in [1.807, 2.05) is 0 Å². The second kappa shape index (κ2) is 7.55. The van der Waals surface area contributed by atoms with Crippen molar-refractivity contribution in [1.82, 2.24) is 25.3 Å². The fourth-order valence-electron chi connectivity index (χ4n) is 3.44. The summed E-state index contributed by atoms with van der Waals surface area (Å²) in [5, 5.41) is 7.32. The lowest BCUT2D eigenvalue weighted by atomic mass is 10.1. The van der Waals surface area contributed by atoms with Crippen molar-refractivity contribution in [3.63, 3.8) is 0 Å². The van der Waals surface area contributed by atoms with Crippen LogP contribution in [0, 0.1) is 0 Å². The Hall–Kier alpha value is -4.09. The van der Waals surface area contributed by atoms with Gasteiger partial charge < -0.3 is 9.05 Å². The quantitative estimate of drug-likeness (QED) is 0.465. The average Bonchev–Trinajstić information content (AvgIpc) is 3.54. The Bertz CT molecular complexity index is 1250. The number of hydrogen-bond acceptors (Lipinski definition) is 8. The molecule has 0 spiro atoms. The molecule has 5 rings (SSSR count). The molecule has 1 aliphatic rings. The molecule has 0 aliphatic carbocycles. The van der Waals surface area contributed by atoms with Gasteiger partial charge in [-0.25, -0.2) is 0 Å². The van der Waals surface area contributed by atoms with E-state index in [4.69, 9.17) is 4.52 Å². The van der Waals surface area contributed by atoms with Crippen LogP contribution in [0.1, 0.15) is 30.7 Å². The molecule has 0 radical (unpaired) electrons. The minimum atomic E-state index is -4.72. The predicted molar refractivity (Wildman–Crippen MR) is 102 cm³/mol. The van der Waals surface area contributed by atoms with Crippen LogP contribution in [0.25, 0.3) is 22.9 Å². The molecule has 0 N–H and O–H groups in total. The Morgan fingerprint density at radius 2 is 1.75 bits per heavy atom. The van der Waals surface area contributed by atoms with Crippen LogP contribution in [0.15, 0.2) is 57.7 Å². The van der Waals surface area contributed by atoms with Crippen LogP contribution in [-0.2, 0) is 11.0 Å². The van der Waals surface area contributed by atoms with Gasteiger partial charge in [-0.05, 0) is 42.8 Å². The minimum absolute atomic E-state index is 0.140. The first kappa shape index (κ1) is 19.8. The van der Waals surface area contributed by atoms with Crippen molar-refractivity contribution in [3.8, 4) is 22.9 Å². The summed E-state index contributed by atoms with van der Waals surface area (Å²) in [5.41, 5.74) is 1.38. The van der Waals surface area contributed by atoms with Gasteiger partial charge in [0.05, 0.1) is 0 Å². The molecule has 0 saturated carbocycles. The van der Waals surface area contributed by atoms with Gasteiger partial charge in [0.2, 0.25) is 23.4 Å². The van der Waals surface area contributed by atoms with Crippen LogP contribution in [0.4, 0.5) is 18.9 Å². The van der Waals surface area contributed by atoms with Crippen LogP contribution in [0.3, 0.4) is 0 Å². The van der Waals surface area contributed by atoms with E-state index in [1.165, 1.54) is 17.0 Å². The molecule has 4 aromatic rings. The minimum Gasteiger partial charge on any atom is -0.337 e. The monoisotopic (exact) mass is 442 g/mol. The van der Waals surface area contributed by atoms with Gasteiger partial charge >= 0.3 is 12.1 Å². The van der Waals surface area contributed by atoms with Gasteiger partial charge in [0.1, 0.15) is 11.7 Å². The van der Waals surface area contributed by atoms with E-state index in [9.17, 15) is 18.0 Å². The van der Waals surface area contributed by atoms with Crippen LogP contribution in [0.5, 0.6) is 0 Å². The summed E-state index contributed by atoms with van der Waals surface area (Å²) >= 11 is 0. The number of halogens is 3. The van der Waals surface area contributed by atoms with E-state index >= 15 is 0 Å². The van der Waals surface area contributed by atoms with Crippen molar-refractivity contribution >= 4 is 11.6 Å². The summed E-state index contributed by atoms with van der Waals surface area (Å²) < 4.78 is 47.7. The van der Waals surface area contributed by atoms with E-state index < -0.39 is 18.1 Å². The van der Waals surface area contributed by atoms with Crippen molar-refractivity contribution in [3.05, 3.63) is 60.4 Å². The van der Waals surface area contributed by atoms with Crippen molar-refractivity contribution in [2.75, 3.05) is 4.90 Å². The highest BCUT2D eigenvalue weighted by molar-refractivity contribution is 5.96. The normalized spacial score (nSPS) is 16.7. The zero-order chi connectivity index (χ0) is 22.3. The second-order valence-corrected chi connectivity index (χ2v) is 6.96. The van der Waals surface area contributed by atoms with E-state index in [1.54, 1.807) is 36.5 Å². The van der Waals surface area contributed by atoms with Crippen molar-refractivity contribution in [2.24, 2.45) is 0 Å². The summed E-state index contributed by atoms with van der Waals surface area (Å²) in [6, 6.07) is 11.0. The predicted octanol–water partition coefficient (Wildman–Crippen LogP) is 4.07. The summed E-state index contributed by atoms with van der Waals surface area (Å²) in [5.74, 6) is -1.18. The van der Waals surface area contributed by atoms with Gasteiger partial charge in [0, 0.05) is 23.9 Å². The van der Waals surface area contributed by atoms with Crippen LogP contribution in [-0.4, -0.2) is 31.2 Å². The molecule has 1 aromatic carbocycles. The highest BCUT2D eigenvalue weighted by atomic mass is 19.4. The number of anilines is 1. The number of pyridine rings is 1. The van der Waals surface area contributed by atoms with E-state index in [0.29, 0.717) is 29.2 Å². The molecule has 1 saturated heterocycles. The topological polar surface area (TPSA) is 111 Å². The van der Waals surface area contributed by atoms with Gasteiger partial charge in [0.15, 0.2) is 0 Å². The number of carbonyl (C=O) groups excluding carboxylic acids is 1. The molecule has 1 atom stereocenters. The van der Waals surface area contributed by atoms with Crippen LogP contribution < -0.4 is 4.90 Å². The first-order valence-electron chi connectivity index (χ1n) is 9.48. The summed E-state index contributed by atoms with van der Waals surface area (Å²) in [4.78, 5) is 26.0. The molecule has 1 fully saturated rings. The second-order valence-electron chi connectivity index (χ2n) is 6.96. The highest BCUT2D eigenvalue weighted by Crippen LogP contribution is 2.37. The lowest BCUT2D eigenvalue weighted by molar-refractivity contribution is -0.159. The number of aromatic nitrogens is 5. The first-order chi connectivity index (χ1) is 15.4. The smallest absolute Gasteiger partial charge is 0.337 e. The molecule has 32 heavy (non-hydrogen) atoms. The standard InChI is InChI=1S/C20H13F3N6O3/c21-20(22,23)19-26-16(27-32-19)11-4-6-12(7-5-11)29-14(8-9-15(29)30)18-25-17(28-31-18)13-3-1-2-10-24-13/h1-7,10,14H,8-9H2. The molecule has 1 amide bonds. The number of nitrogens with zero attached hydrogens (tertiary/aromatic N) is 6. The fourth-order valence-corrected chi connectivity index (χ4v) is 3.44. The Morgan fingerprint density at radius 3 is 2.44 bits per heavy atom. The third-order valence-electron chi connectivity index (χ3n) is 4.90. The number of amides is 1. The lowest BCUT2D eigenvalue weighted by Gasteiger charge is -2.22. The molecule has 3 aromatic heterocycles. The van der Waals surface area contributed by atoms with E-state index in [2.05, 4.69) is 29.8 Å². The van der Waals surface area contributed by atoms with Gasteiger partial charge in [-0.3, -0.25) is 14.7 Å². The molecule has 4 heterocycles. The Morgan fingerprint density at radius 1 is 0.969 bits per heavy atom. The molecular weight excluding hydrogens is 429 g/mol. The Balaban J connectivity index is 1.40. The van der Waals surface area contributed by atoms with Gasteiger partial charge in [0.25, 0.3) is 0 Å². The Kier molecular flexibility index (Phi) is 4.68. The molecule has 9 nitrogen and oxygen atoms in total. The fraction of sp³-hybridized carbons (Fsp3) is 0.200. The maximum atomic E-state index is 12.7. The largest absolute Gasteiger partial charge is 0.471 e. The number of alkyl halides is 3. The molecule has 162 valence electrons. The number of hydrogen-bond donors (Lipinski definition) is 0. The summed E-state index contributed by atoms with van der Waals surface area (Å²) in [7, 11) is 0. The van der Waals surface area contributed by atoms with Crippen molar-refractivity contribution < 1.29 is 27.0 Å². The van der Waals surface area contributed by atoms with Crippen molar-refractivity contribution in [1.29, 1.82) is 0 Å². The molecule has 12 heteroatoms. The zero-order valence-electron chi connectivity index (χ0n) is 16.2. The maximum Gasteiger partial charge on any atom is 0.471 e. The lowest BCUT2D eigenvalue weighted by Crippen LogP contribution is -2.27. The molecular formula is C20H13F3N6O3. The van der Waals surface area contributed by atoms with E-state index in [0.717, 1.165) is 0 Å². The molecule has 0 bridgehead atoms. The third-order valence-corrected chi connectivity index (χ3v) is 4.90. The SMILES string of the molecule is O=C1CCC(c2nc(-c3ccccn3)no2)N1c1ccc(-c2noc(C(F)(F)F)n2)cc1. The average molecular weight is 442 g/mol. The summed E-state index contributed by atoms with van der Waals surface area (Å²) in [6.07, 6.45) is -2.35. The number of carbonyl (C=O) groups is 1. The number of benzene rings is 1. The molecule has 1 unspecified atom stereocenters. The van der Waals surface area contributed by atoms with Gasteiger partial charge in [-0.2, -0.15) is 23.1 Å².